The summed E-state index contributed by atoms with van der Waals surface area (Å²) in [5.74, 6) is -0.0412. The lowest BCUT2D eigenvalue weighted by Gasteiger charge is -2.13. The molecule has 148 valence electrons. The van der Waals surface area contributed by atoms with E-state index in [9.17, 15) is 9.59 Å². The highest BCUT2D eigenvalue weighted by Gasteiger charge is 2.11. The lowest BCUT2D eigenvalue weighted by Crippen LogP contribution is -2.23. The van der Waals surface area contributed by atoms with Crippen molar-refractivity contribution in [3.8, 4) is 0 Å². The van der Waals surface area contributed by atoms with Gasteiger partial charge in [-0.15, -0.1) is 0 Å². The Morgan fingerprint density at radius 1 is 1.03 bits per heavy atom. The molecular weight excluding hydrogens is 430 g/mol. The Balaban J connectivity index is 1.53. The van der Waals surface area contributed by atoms with Gasteiger partial charge in [0.2, 0.25) is 5.91 Å². The summed E-state index contributed by atoms with van der Waals surface area (Å²) in [6.07, 6.45) is 3.76. The summed E-state index contributed by atoms with van der Waals surface area (Å²) in [7, 11) is 0. The summed E-state index contributed by atoms with van der Waals surface area (Å²) < 4.78 is 4.59. The van der Waals surface area contributed by atoms with Crippen LogP contribution >= 0.6 is 15.9 Å². The highest BCUT2D eigenvalue weighted by molar-refractivity contribution is 9.10. The Morgan fingerprint density at radius 2 is 1.90 bits per heavy atom. The molecule has 0 atom stereocenters. The third kappa shape index (κ3) is 3.98. The Labute approximate surface area is 177 Å². The topological polar surface area (TPSA) is 55.5 Å². The van der Waals surface area contributed by atoms with Gasteiger partial charge < -0.3 is 14.3 Å². The van der Waals surface area contributed by atoms with Gasteiger partial charge in [-0.3, -0.25) is 9.59 Å². The molecule has 2 aromatic heterocycles. The van der Waals surface area contributed by atoms with Crippen LogP contribution in [0.25, 0.3) is 16.6 Å². The van der Waals surface area contributed by atoms with Crippen molar-refractivity contribution in [1.29, 1.82) is 0 Å². The van der Waals surface area contributed by atoms with Crippen LogP contribution in [0.2, 0.25) is 0 Å². The van der Waals surface area contributed by atoms with Crippen LogP contribution in [-0.4, -0.2) is 14.9 Å². The van der Waals surface area contributed by atoms with Crippen molar-refractivity contribution in [3.05, 3.63) is 81.2 Å². The quantitative estimate of drug-likeness (QED) is 0.448. The van der Waals surface area contributed by atoms with Gasteiger partial charge in [0.1, 0.15) is 5.52 Å². The Bertz CT molecular complexity index is 1260. The maximum atomic E-state index is 13.0. The third-order valence-corrected chi connectivity index (χ3v) is 5.60. The fraction of sp³-hybridized carbons (Fsp3) is 0.217. The molecule has 0 saturated carbocycles. The molecular formula is C23H22BrN3O2. The van der Waals surface area contributed by atoms with Crippen LogP contribution < -0.4 is 10.9 Å². The first kappa shape index (κ1) is 19.5. The molecule has 0 radical (unpaired) electrons. The van der Waals surface area contributed by atoms with Crippen LogP contribution in [0.15, 0.2) is 70.1 Å². The zero-order valence-corrected chi connectivity index (χ0v) is 17.8. The van der Waals surface area contributed by atoms with Gasteiger partial charge in [0.15, 0.2) is 0 Å². The van der Waals surface area contributed by atoms with Gasteiger partial charge in [-0.05, 0) is 60.9 Å². The summed E-state index contributed by atoms with van der Waals surface area (Å²) in [5.41, 5.74) is 4.41. The van der Waals surface area contributed by atoms with E-state index in [0.29, 0.717) is 24.9 Å². The minimum atomic E-state index is -0.0448. The molecule has 6 heteroatoms. The first-order valence-corrected chi connectivity index (χ1v) is 10.5. The molecule has 5 nitrogen and oxygen atoms in total. The number of anilines is 1. The number of benzene rings is 2. The van der Waals surface area contributed by atoms with E-state index in [0.717, 1.165) is 27.6 Å². The number of aryl methyl sites for hydroxylation is 2. The molecule has 29 heavy (non-hydrogen) atoms. The predicted molar refractivity (Wildman–Crippen MR) is 121 cm³/mol. The molecule has 2 heterocycles. The number of rotatable bonds is 6. The Kier molecular flexibility index (Phi) is 5.53. The molecule has 0 spiro atoms. The zero-order valence-electron chi connectivity index (χ0n) is 16.2. The van der Waals surface area contributed by atoms with Gasteiger partial charge >= 0.3 is 0 Å². The van der Waals surface area contributed by atoms with Gasteiger partial charge in [0.05, 0.1) is 11.0 Å². The van der Waals surface area contributed by atoms with Crippen molar-refractivity contribution >= 4 is 44.1 Å². The van der Waals surface area contributed by atoms with E-state index < -0.39 is 0 Å². The lowest BCUT2D eigenvalue weighted by atomic mass is 10.1. The molecule has 0 bridgehead atoms. The van der Waals surface area contributed by atoms with Crippen LogP contribution in [0.5, 0.6) is 0 Å². The number of carbonyl (C=O) groups is 1. The van der Waals surface area contributed by atoms with E-state index in [1.54, 1.807) is 4.57 Å². The highest BCUT2D eigenvalue weighted by atomic mass is 79.9. The monoisotopic (exact) mass is 451 g/mol. The number of nitrogens with one attached hydrogen (secondary N) is 1. The van der Waals surface area contributed by atoms with Crippen LogP contribution in [0, 0.1) is 0 Å². The van der Waals surface area contributed by atoms with Crippen molar-refractivity contribution in [1.82, 2.24) is 8.97 Å². The average molecular weight is 452 g/mol. The number of amides is 1. The normalized spacial score (nSPS) is 11.2. The number of halogens is 1. The molecule has 1 amide bonds. The molecule has 0 aliphatic carbocycles. The first-order valence-electron chi connectivity index (χ1n) is 9.75. The summed E-state index contributed by atoms with van der Waals surface area (Å²) >= 11 is 3.50. The standard InChI is InChI=1S/C23H22BrN3O2/c1-2-16-6-3-7-18(14-16)25-22(28)9-5-13-27-21-15-17(24)10-11-19(21)26-12-4-8-20(26)23(27)29/h3-4,6-8,10-12,14-15H,2,5,9,13H2,1H3,(H,25,28). The second kappa shape index (κ2) is 8.25. The van der Waals surface area contributed by atoms with E-state index in [1.165, 1.54) is 5.56 Å². The van der Waals surface area contributed by atoms with Crippen LogP contribution in [0.1, 0.15) is 25.3 Å². The number of carbonyl (C=O) groups excluding carboxylic acids is 1. The molecule has 0 aliphatic rings. The van der Waals surface area contributed by atoms with Gasteiger partial charge in [-0.25, -0.2) is 0 Å². The fourth-order valence-electron chi connectivity index (χ4n) is 3.64. The number of nitrogens with zero attached hydrogens (tertiary/aromatic N) is 2. The SMILES string of the molecule is CCc1cccc(NC(=O)CCCn2c(=O)c3cccn3c3ccc(Br)cc32)c1. The van der Waals surface area contributed by atoms with Gasteiger partial charge in [-0.2, -0.15) is 0 Å². The van der Waals surface area contributed by atoms with E-state index >= 15 is 0 Å². The van der Waals surface area contributed by atoms with Crippen molar-refractivity contribution in [3.63, 3.8) is 0 Å². The van der Waals surface area contributed by atoms with Gasteiger partial charge in [-0.1, -0.05) is 35.0 Å². The number of aromatic nitrogens is 2. The second-order valence-corrected chi connectivity index (χ2v) is 7.97. The van der Waals surface area contributed by atoms with Gasteiger partial charge in [0, 0.05) is 29.3 Å². The smallest absolute Gasteiger partial charge is 0.275 e. The van der Waals surface area contributed by atoms with Crippen molar-refractivity contribution in [2.45, 2.75) is 32.7 Å². The van der Waals surface area contributed by atoms with Crippen LogP contribution in [0.4, 0.5) is 5.69 Å². The van der Waals surface area contributed by atoms with Crippen molar-refractivity contribution in [2.24, 2.45) is 0 Å². The number of hydrogen-bond donors (Lipinski definition) is 1. The Morgan fingerprint density at radius 3 is 2.72 bits per heavy atom. The highest BCUT2D eigenvalue weighted by Crippen LogP contribution is 2.21. The lowest BCUT2D eigenvalue weighted by molar-refractivity contribution is -0.116. The van der Waals surface area contributed by atoms with Crippen molar-refractivity contribution < 1.29 is 4.79 Å². The summed E-state index contributed by atoms with van der Waals surface area (Å²) in [4.78, 5) is 25.3. The minimum Gasteiger partial charge on any atom is -0.326 e. The molecule has 4 aromatic rings. The molecule has 0 saturated heterocycles. The van der Waals surface area contributed by atoms with Crippen LogP contribution in [-0.2, 0) is 17.8 Å². The molecule has 2 aromatic carbocycles. The van der Waals surface area contributed by atoms with Gasteiger partial charge in [0.25, 0.3) is 5.56 Å². The predicted octanol–water partition coefficient (Wildman–Crippen LogP) is 5.00. The molecule has 4 rings (SSSR count). The molecule has 0 aliphatic heterocycles. The largest absolute Gasteiger partial charge is 0.326 e. The summed E-state index contributed by atoms with van der Waals surface area (Å²) in [6, 6.07) is 17.5. The number of fused-ring (bicyclic) bond motifs is 3. The maximum absolute atomic E-state index is 13.0. The summed E-state index contributed by atoms with van der Waals surface area (Å²) in [5, 5.41) is 2.95. The molecule has 0 unspecified atom stereocenters. The fourth-order valence-corrected chi connectivity index (χ4v) is 3.99. The van der Waals surface area contributed by atoms with E-state index in [-0.39, 0.29) is 11.5 Å². The molecule has 0 fully saturated rings. The maximum Gasteiger partial charge on any atom is 0.275 e. The van der Waals surface area contributed by atoms with E-state index in [2.05, 4.69) is 28.2 Å². The number of hydrogen-bond acceptors (Lipinski definition) is 2. The van der Waals surface area contributed by atoms with Crippen LogP contribution in [0.3, 0.4) is 0 Å². The van der Waals surface area contributed by atoms with E-state index in [1.807, 2.05) is 65.2 Å². The minimum absolute atomic E-state index is 0.0412. The second-order valence-electron chi connectivity index (χ2n) is 7.06. The third-order valence-electron chi connectivity index (χ3n) is 5.11. The average Bonchev–Trinajstić information content (AvgIpc) is 3.20. The van der Waals surface area contributed by atoms with Crippen molar-refractivity contribution in [2.75, 3.05) is 5.32 Å². The zero-order chi connectivity index (χ0) is 20.4. The summed E-state index contributed by atoms with van der Waals surface area (Å²) in [6.45, 7) is 2.57. The molecule has 1 N–H and O–H groups in total. The van der Waals surface area contributed by atoms with E-state index in [4.69, 9.17) is 0 Å². The first-order chi connectivity index (χ1) is 14.1. The Hall–Kier alpha value is -2.86.